The first kappa shape index (κ1) is 22.5. The highest BCUT2D eigenvalue weighted by molar-refractivity contribution is 4.61. The van der Waals surface area contributed by atoms with Crippen LogP contribution in [0, 0.1) is 23.7 Å². The van der Waals surface area contributed by atoms with Crippen LogP contribution in [0.25, 0.3) is 0 Å². The third-order valence-corrected chi connectivity index (χ3v) is 5.11. The van der Waals surface area contributed by atoms with E-state index < -0.39 is 0 Å². The van der Waals surface area contributed by atoms with Gasteiger partial charge in [-0.3, -0.25) is 0 Å². The van der Waals surface area contributed by atoms with Gasteiger partial charge in [0.05, 0.1) is 12.9 Å². The highest BCUT2D eigenvalue weighted by Gasteiger charge is 2.08. The summed E-state index contributed by atoms with van der Waals surface area (Å²) in [6.45, 7) is 16.3. The fourth-order valence-corrected chi connectivity index (χ4v) is 3.29. The number of rotatable bonds is 16. The second-order valence-corrected chi connectivity index (χ2v) is 8.33. The zero-order valence-corrected chi connectivity index (χ0v) is 16.8. The fourth-order valence-electron chi connectivity index (χ4n) is 3.29. The van der Waals surface area contributed by atoms with Gasteiger partial charge in [0.15, 0.2) is 0 Å². The average molecular weight is 325 g/mol. The Balaban J connectivity index is 3.48. The van der Waals surface area contributed by atoms with Crippen molar-refractivity contribution < 1.29 is 4.74 Å². The van der Waals surface area contributed by atoms with Crippen LogP contribution in [0.2, 0.25) is 0 Å². The monoisotopic (exact) mass is 324 g/mol. The van der Waals surface area contributed by atoms with Gasteiger partial charge in [0.1, 0.15) is 0 Å². The lowest BCUT2D eigenvalue weighted by atomic mass is 9.91. The minimum atomic E-state index is 0.781. The molecule has 0 spiro atoms. The Morgan fingerprint density at radius 2 is 1.04 bits per heavy atom. The Morgan fingerprint density at radius 3 is 1.43 bits per heavy atom. The Bertz CT molecular complexity index is 259. The second kappa shape index (κ2) is 15.1. The van der Waals surface area contributed by atoms with Gasteiger partial charge < -0.3 is 4.74 Å². The molecule has 0 aliphatic carbocycles. The van der Waals surface area contributed by atoms with E-state index in [1.807, 2.05) is 0 Å². The topological polar surface area (TPSA) is 9.23 Å². The van der Waals surface area contributed by atoms with Crippen molar-refractivity contribution >= 4 is 0 Å². The Labute approximate surface area is 147 Å². The van der Waals surface area contributed by atoms with Crippen LogP contribution in [0.5, 0.6) is 0 Å². The zero-order chi connectivity index (χ0) is 17.5. The van der Waals surface area contributed by atoms with E-state index in [0.29, 0.717) is 0 Å². The van der Waals surface area contributed by atoms with Gasteiger partial charge in [-0.15, -0.1) is 0 Å². The normalized spacial score (nSPS) is 15.4. The number of hydrogen-bond donors (Lipinski definition) is 0. The predicted octanol–water partition coefficient (Wildman–Crippen LogP) is 7.61. The first-order valence-corrected chi connectivity index (χ1v) is 10.2. The standard InChI is InChI=1S/C22H44O/c1-7-23-18-17-22(6)16-10-15-21(5)14-9-13-20(4)12-8-11-19(2)3/h7,19-22H,1,8-18H2,2-6H3. The molecule has 0 rings (SSSR count). The van der Waals surface area contributed by atoms with Crippen molar-refractivity contribution in [3.8, 4) is 0 Å². The average Bonchev–Trinajstić information content (AvgIpc) is 2.47. The zero-order valence-electron chi connectivity index (χ0n) is 16.8. The van der Waals surface area contributed by atoms with E-state index in [9.17, 15) is 0 Å². The molecule has 1 nitrogen and oxygen atoms in total. The van der Waals surface area contributed by atoms with Crippen molar-refractivity contribution in [1.82, 2.24) is 0 Å². The van der Waals surface area contributed by atoms with E-state index >= 15 is 0 Å². The molecule has 1 heteroatoms. The molecule has 0 fully saturated rings. The lowest BCUT2D eigenvalue weighted by Gasteiger charge is -2.16. The summed E-state index contributed by atoms with van der Waals surface area (Å²) in [5.74, 6) is 3.47. The molecule has 0 bridgehead atoms. The lowest BCUT2D eigenvalue weighted by Crippen LogP contribution is -2.02. The van der Waals surface area contributed by atoms with E-state index in [-0.39, 0.29) is 0 Å². The van der Waals surface area contributed by atoms with Gasteiger partial charge in [-0.05, 0) is 30.1 Å². The molecule has 3 atom stereocenters. The SMILES string of the molecule is C=COCCC(C)CCCC(C)CCCC(C)CCCC(C)C. The molecule has 0 amide bonds. The molecule has 0 aromatic carbocycles. The third kappa shape index (κ3) is 16.2. The maximum atomic E-state index is 5.21. The largest absolute Gasteiger partial charge is 0.502 e. The molecule has 0 radical (unpaired) electrons. The predicted molar refractivity (Wildman–Crippen MR) is 105 cm³/mol. The van der Waals surface area contributed by atoms with Crippen LogP contribution in [0.3, 0.4) is 0 Å². The van der Waals surface area contributed by atoms with Crippen LogP contribution in [-0.2, 0) is 4.74 Å². The summed E-state index contributed by atoms with van der Waals surface area (Å²) in [4.78, 5) is 0. The number of hydrogen-bond acceptors (Lipinski definition) is 1. The maximum absolute atomic E-state index is 5.21. The molecule has 0 aromatic heterocycles. The first-order valence-electron chi connectivity index (χ1n) is 10.2. The molecule has 3 unspecified atom stereocenters. The molecule has 0 N–H and O–H groups in total. The summed E-state index contributed by atoms with van der Waals surface area (Å²) in [7, 11) is 0. The van der Waals surface area contributed by atoms with Gasteiger partial charge in [0.2, 0.25) is 0 Å². The summed E-state index contributed by atoms with van der Waals surface area (Å²) in [6, 6.07) is 0. The third-order valence-electron chi connectivity index (χ3n) is 5.11. The van der Waals surface area contributed by atoms with E-state index in [1.165, 1.54) is 57.8 Å². The van der Waals surface area contributed by atoms with Crippen LogP contribution >= 0.6 is 0 Å². The fraction of sp³-hybridized carbons (Fsp3) is 0.909. The minimum absolute atomic E-state index is 0.781. The van der Waals surface area contributed by atoms with Crippen molar-refractivity contribution in [3.05, 3.63) is 12.8 Å². The number of ether oxygens (including phenoxy) is 1. The van der Waals surface area contributed by atoms with Crippen LogP contribution in [0.15, 0.2) is 12.8 Å². The molecule has 0 saturated carbocycles. The maximum Gasteiger partial charge on any atom is 0.0875 e. The molecular formula is C22H44O. The van der Waals surface area contributed by atoms with Gasteiger partial charge >= 0.3 is 0 Å². The molecule has 0 aromatic rings. The van der Waals surface area contributed by atoms with E-state index in [1.54, 1.807) is 6.26 Å². The Morgan fingerprint density at radius 1 is 0.652 bits per heavy atom. The van der Waals surface area contributed by atoms with Crippen molar-refractivity contribution in [2.45, 2.75) is 98.8 Å². The van der Waals surface area contributed by atoms with Gasteiger partial charge in [0, 0.05) is 0 Å². The summed E-state index contributed by atoms with van der Waals surface area (Å²) in [5, 5.41) is 0. The quantitative estimate of drug-likeness (QED) is 0.210. The molecule has 0 heterocycles. The molecule has 23 heavy (non-hydrogen) atoms. The molecule has 0 aliphatic rings. The minimum Gasteiger partial charge on any atom is -0.502 e. The van der Waals surface area contributed by atoms with Gasteiger partial charge in [0.25, 0.3) is 0 Å². The second-order valence-electron chi connectivity index (χ2n) is 8.33. The smallest absolute Gasteiger partial charge is 0.0875 e. The van der Waals surface area contributed by atoms with E-state index in [0.717, 1.165) is 36.7 Å². The highest BCUT2D eigenvalue weighted by Crippen LogP contribution is 2.22. The highest BCUT2D eigenvalue weighted by atomic mass is 16.5. The van der Waals surface area contributed by atoms with E-state index in [2.05, 4.69) is 41.2 Å². The van der Waals surface area contributed by atoms with Crippen molar-refractivity contribution in [2.24, 2.45) is 23.7 Å². The summed E-state index contributed by atoms with van der Waals surface area (Å²) < 4.78 is 5.21. The summed E-state index contributed by atoms with van der Waals surface area (Å²) in [5.41, 5.74) is 0. The molecule has 138 valence electrons. The van der Waals surface area contributed by atoms with Gasteiger partial charge in [-0.1, -0.05) is 99.0 Å². The van der Waals surface area contributed by atoms with E-state index in [4.69, 9.17) is 4.74 Å². The molecular weight excluding hydrogens is 280 g/mol. The molecule has 0 saturated heterocycles. The summed E-state index contributed by atoms with van der Waals surface area (Å²) >= 11 is 0. The van der Waals surface area contributed by atoms with Crippen LogP contribution in [-0.4, -0.2) is 6.61 Å². The van der Waals surface area contributed by atoms with Gasteiger partial charge in [-0.25, -0.2) is 0 Å². The lowest BCUT2D eigenvalue weighted by molar-refractivity contribution is 0.221. The van der Waals surface area contributed by atoms with Crippen molar-refractivity contribution in [2.75, 3.05) is 6.61 Å². The van der Waals surface area contributed by atoms with Crippen molar-refractivity contribution in [1.29, 1.82) is 0 Å². The van der Waals surface area contributed by atoms with Crippen LogP contribution in [0.1, 0.15) is 98.8 Å². The van der Waals surface area contributed by atoms with Crippen LogP contribution in [0.4, 0.5) is 0 Å². The summed E-state index contributed by atoms with van der Waals surface area (Å²) in [6.07, 6.45) is 15.3. The Hall–Kier alpha value is -0.460. The van der Waals surface area contributed by atoms with Gasteiger partial charge in [-0.2, -0.15) is 0 Å². The van der Waals surface area contributed by atoms with Crippen molar-refractivity contribution in [3.63, 3.8) is 0 Å². The van der Waals surface area contributed by atoms with Crippen LogP contribution < -0.4 is 0 Å². The Kier molecular flexibility index (Phi) is 14.8. The first-order chi connectivity index (χ1) is 11.0. The molecule has 0 aliphatic heterocycles.